The topological polar surface area (TPSA) is 98.5 Å². The molecule has 0 aliphatic heterocycles. The number of rotatable bonds is 6. The Labute approximate surface area is 155 Å². The van der Waals surface area contributed by atoms with Crippen LogP contribution < -0.4 is 15.2 Å². The Kier molecular flexibility index (Phi) is 5.92. The van der Waals surface area contributed by atoms with Crippen molar-refractivity contribution in [2.75, 3.05) is 11.8 Å². The van der Waals surface area contributed by atoms with Crippen LogP contribution in [0.2, 0.25) is 0 Å². The van der Waals surface area contributed by atoms with Crippen molar-refractivity contribution < 1.29 is 39.9 Å². The molecule has 6 nitrogen and oxygen atoms in total. The summed E-state index contributed by atoms with van der Waals surface area (Å²) in [6, 6.07) is 5.17. The maximum Gasteiger partial charge on any atom is 0.267 e. The Bertz CT molecular complexity index is 1040. The van der Waals surface area contributed by atoms with Crippen LogP contribution in [0, 0.1) is 29.1 Å². The molecule has 1 amide bonds. The van der Waals surface area contributed by atoms with Gasteiger partial charge < -0.3 is 10.5 Å². The number of hydrogen-bond acceptors (Lipinski definition) is 4. The smallest absolute Gasteiger partial charge is 0.267 e. The van der Waals surface area contributed by atoms with E-state index in [0.29, 0.717) is 5.75 Å². The monoisotopic (exact) mass is 422 g/mol. The first kappa shape index (κ1) is 21.2. The standard InChI is InChI=1S/C16H11F5N2O4S/c1-27-8-4-2-7(3-5-8)23-28(25,26)10(16(22)24)6-9-11(17)13(19)15(21)14(20)12(9)18/h2-6,23H,1H3,(H2,22,24)/b10-6-. The molecule has 12 heteroatoms. The van der Waals surface area contributed by atoms with E-state index in [1.165, 1.54) is 31.4 Å². The largest absolute Gasteiger partial charge is 0.497 e. The van der Waals surface area contributed by atoms with Gasteiger partial charge in [-0.05, 0) is 30.3 Å². The molecule has 0 atom stereocenters. The normalized spacial score (nSPS) is 12.0. The first-order valence-corrected chi connectivity index (χ1v) is 8.67. The van der Waals surface area contributed by atoms with Crippen LogP contribution in [0.1, 0.15) is 5.56 Å². The molecule has 0 spiro atoms. The SMILES string of the molecule is COc1ccc(NS(=O)(=O)/C(=C\c2c(F)c(F)c(F)c(F)c2F)C(N)=O)cc1. The fourth-order valence-corrected chi connectivity index (χ4v) is 3.12. The van der Waals surface area contributed by atoms with Gasteiger partial charge in [0, 0.05) is 5.69 Å². The van der Waals surface area contributed by atoms with Crippen molar-refractivity contribution in [2.24, 2.45) is 5.73 Å². The quantitative estimate of drug-likeness (QED) is 0.324. The van der Waals surface area contributed by atoms with E-state index in [0.717, 1.165) is 0 Å². The molecule has 0 aliphatic carbocycles. The van der Waals surface area contributed by atoms with Crippen LogP contribution in [0.4, 0.5) is 27.6 Å². The molecular weight excluding hydrogens is 411 g/mol. The Hall–Kier alpha value is -3.15. The van der Waals surface area contributed by atoms with Gasteiger partial charge in [-0.25, -0.2) is 30.4 Å². The van der Waals surface area contributed by atoms with Gasteiger partial charge in [0.05, 0.1) is 12.7 Å². The van der Waals surface area contributed by atoms with E-state index in [9.17, 15) is 35.2 Å². The van der Waals surface area contributed by atoms with Crippen molar-refractivity contribution in [1.82, 2.24) is 0 Å². The molecule has 0 saturated carbocycles. The zero-order valence-electron chi connectivity index (χ0n) is 13.9. The number of hydrogen-bond donors (Lipinski definition) is 2. The number of amides is 1. The van der Waals surface area contributed by atoms with Crippen LogP contribution in [0.25, 0.3) is 6.08 Å². The van der Waals surface area contributed by atoms with Crippen LogP contribution in [0.3, 0.4) is 0 Å². The Morgan fingerprint density at radius 2 is 1.43 bits per heavy atom. The number of ether oxygens (including phenoxy) is 1. The summed E-state index contributed by atoms with van der Waals surface area (Å²) in [6.45, 7) is 0. The molecule has 0 heterocycles. The van der Waals surface area contributed by atoms with Gasteiger partial charge in [-0.3, -0.25) is 9.52 Å². The number of methoxy groups -OCH3 is 1. The number of anilines is 1. The van der Waals surface area contributed by atoms with Crippen molar-refractivity contribution in [1.29, 1.82) is 0 Å². The summed E-state index contributed by atoms with van der Waals surface area (Å²) < 4.78 is 98.7. The summed E-state index contributed by atoms with van der Waals surface area (Å²) in [4.78, 5) is 10.1. The number of carbonyl (C=O) groups is 1. The zero-order chi connectivity index (χ0) is 21.2. The lowest BCUT2D eigenvalue weighted by atomic mass is 10.1. The second-order valence-corrected chi connectivity index (χ2v) is 6.84. The molecule has 28 heavy (non-hydrogen) atoms. The lowest BCUT2D eigenvalue weighted by Crippen LogP contribution is -2.26. The third kappa shape index (κ3) is 4.06. The lowest BCUT2D eigenvalue weighted by Gasteiger charge is -2.11. The van der Waals surface area contributed by atoms with Crippen molar-refractivity contribution >= 4 is 27.7 Å². The summed E-state index contributed by atoms with van der Waals surface area (Å²) in [5.41, 5.74) is 3.20. The average Bonchev–Trinajstić information content (AvgIpc) is 2.64. The summed E-state index contributed by atoms with van der Waals surface area (Å²) in [5, 5.41) is 0. The first-order chi connectivity index (χ1) is 13.0. The molecule has 3 N–H and O–H groups in total. The van der Waals surface area contributed by atoms with E-state index >= 15 is 0 Å². The Morgan fingerprint density at radius 1 is 0.964 bits per heavy atom. The van der Waals surface area contributed by atoms with Gasteiger partial charge in [0.15, 0.2) is 28.2 Å². The van der Waals surface area contributed by atoms with E-state index in [2.05, 4.69) is 0 Å². The summed E-state index contributed by atoms with van der Waals surface area (Å²) in [5.74, 6) is -13.0. The lowest BCUT2D eigenvalue weighted by molar-refractivity contribution is -0.113. The average molecular weight is 422 g/mol. The van der Waals surface area contributed by atoms with Gasteiger partial charge in [-0.1, -0.05) is 0 Å². The second kappa shape index (κ2) is 7.84. The van der Waals surface area contributed by atoms with Crippen LogP contribution in [0.15, 0.2) is 29.2 Å². The van der Waals surface area contributed by atoms with Crippen LogP contribution >= 0.6 is 0 Å². The van der Waals surface area contributed by atoms with E-state index < -0.39 is 55.5 Å². The van der Waals surface area contributed by atoms with Crippen molar-refractivity contribution in [2.45, 2.75) is 0 Å². The summed E-state index contributed by atoms with van der Waals surface area (Å²) in [6.07, 6.45) is -0.0372. The third-order valence-electron chi connectivity index (χ3n) is 3.39. The van der Waals surface area contributed by atoms with E-state index in [4.69, 9.17) is 10.5 Å². The first-order valence-electron chi connectivity index (χ1n) is 7.19. The predicted octanol–water partition coefficient (Wildman–Crippen LogP) is 2.66. The third-order valence-corrected chi connectivity index (χ3v) is 4.80. The highest BCUT2D eigenvalue weighted by molar-refractivity contribution is 7.97. The highest BCUT2D eigenvalue weighted by Crippen LogP contribution is 2.26. The molecular formula is C16H11F5N2O4S. The fourth-order valence-electron chi connectivity index (χ4n) is 2.03. The molecule has 0 bridgehead atoms. The number of sulfonamides is 1. The Morgan fingerprint density at radius 3 is 1.86 bits per heavy atom. The molecule has 0 aliphatic rings. The van der Waals surface area contributed by atoms with Crippen LogP contribution in [0.5, 0.6) is 5.75 Å². The molecule has 0 saturated heterocycles. The minimum atomic E-state index is -4.84. The highest BCUT2D eigenvalue weighted by atomic mass is 32.2. The maximum atomic E-state index is 13.8. The fraction of sp³-hybridized carbons (Fsp3) is 0.0625. The van der Waals surface area contributed by atoms with E-state index in [1.54, 1.807) is 0 Å². The molecule has 0 aromatic heterocycles. The molecule has 0 unspecified atom stereocenters. The number of primary amides is 1. The number of benzene rings is 2. The maximum absolute atomic E-state index is 13.8. The second-order valence-electron chi connectivity index (χ2n) is 5.19. The molecule has 150 valence electrons. The molecule has 2 aromatic rings. The molecule has 2 rings (SSSR count). The summed E-state index contributed by atoms with van der Waals surface area (Å²) >= 11 is 0. The highest BCUT2D eigenvalue weighted by Gasteiger charge is 2.29. The zero-order valence-corrected chi connectivity index (χ0v) is 14.7. The van der Waals surface area contributed by atoms with Crippen molar-refractivity contribution in [3.8, 4) is 5.75 Å². The predicted molar refractivity (Wildman–Crippen MR) is 88.9 cm³/mol. The minimum Gasteiger partial charge on any atom is -0.497 e. The Balaban J connectivity index is 2.57. The number of nitrogens with one attached hydrogen (secondary N) is 1. The molecule has 0 radical (unpaired) electrons. The van der Waals surface area contributed by atoms with Gasteiger partial charge in [0.1, 0.15) is 5.75 Å². The van der Waals surface area contributed by atoms with Crippen molar-refractivity contribution in [3.05, 3.63) is 63.8 Å². The number of carbonyl (C=O) groups excluding carboxylic acids is 1. The van der Waals surface area contributed by atoms with Gasteiger partial charge in [0.25, 0.3) is 15.9 Å². The van der Waals surface area contributed by atoms with Gasteiger partial charge in [0.2, 0.25) is 5.82 Å². The number of nitrogens with two attached hydrogens (primary N) is 1. The molecule has 0 fully saturated rings. The summed E-state index contributed by atoms with van der Waals surface area (Å²) in [7, 11) is -3.48. The number of halogens is 5. The van der Waals surface area contributed by atoms with Crippen molar-refractivity contribution in [3.63, 3.8) is 0 Å². The van der Waals surface area contributed by atoms with Gasteiger partial charge in [-0.15, -0.1) is 0 Å². The van der Waals surface area contributed by atoms with Crippen LogP contribution in [-0.2, 0) is 14.8 Å². The van der Waals surface area contributed by atoms with E-state index in [1.807, 2.05) is 4.72 Å². The minimum absolute atomic E-state index is 0.0372. The molecule has 2 aromatic carbocycles. The van der Waals surface area contributed by atoms with Gasteiger partial charge >= 0.3 is 0 Å². The van der Waals surface area contributed by atoms with E-state index in [-0.39, 0.29) is 11.8 Å². The van der Waals surface area contributed by atoms with Gasteiger partial charge in [-0.2, -0.15) is 0 Å². The van der Waals surface area contributed by atoms with Crippen LogP contribution in [-0.4, -0.2) is 21.4 Å².